The van der Waals surface area contributed by atoms with E-state index in [1.807, 2.05) is 6.07 Å². The molecule has 0 atom stereocenters. The minimum atomic E-state index is -3.41. The first-order chi connectivity index (χ1) is 7.62. The Kier molecular flexibility index (Phi) is 3.19. The van der Waals surface area contributed by atoms with Gasteiger partial charge in [0.15, 0.2) is 0 Å². The Morgan fingerprint density at radius 3 is 2.75 bits per heavy atom. The van der Waals surface area contributed by atoms with Crippen molar-refractivity contribution in [3.05, 3.63) is 29.3 Å². The van der Waals surface area contributed by atoms with Gasteiger partial charge in [-0.05, 0) is 49.8 Å². The van der Waals surface area contributed by atoms with Gasteiger partial charge in [-0.1, -0.05) is 12.1 Å². The van der Waals surface area contributed by atoms with Crippen molar-refractivity contribution in [2.45, 2.75) is 32.6 Å². The summed E-state index contributed by atoms with van der Waals surface area (Å²) in [6.45, 7) is 1.59. The highest BCUT2D eigenvalue weighted by atomic mass is 32.2. The Morgan fingerprint density at radius 1 is 1.25 bits per heavy atom. The van der Waals surface area contributed by atoms with Crippen LogP contribution in [0.3, 0.4) is 0 Å². The lowest BCUT2D eigenvalue weighted by atomic mass is 9.91. The molecule has 3 nitrogen and oxygen atoms in total. The lowest BCUT2D eigenvalue weighted by Crippen LogP contribution is -2.14. The average molecular weight is 240 g/mol. The summed E-state index contributed by atoms with van der Waals surface area (Å²) >= 11 is 0. The van der Waals surface area contributed by atoms with Crippen LogP contribution in [-0.4, -0.2) is 14.2 Å². The second kappa shape index (κ2) is 4.45. The van der Waals surface area contributed by atoms with Crippen LogP contribution in [-0.2, 0) is 23.0 Å². The third-order valence-corrected chi connectivity index (χ3v) is 4.06. The van der Waals surface area contributed by atoms with Gasteiger partial charge in [-0.15, -0.1) is 0 Å². The van der Waals surface area contributed by atoms with E-state index in [9.17, 15) is 8.42 Å². The van der Waals surface area contributed by atoms with Gasteiger partial charge in [0.1, 0.15) is 5.75 Å². The SMILES string of the molecule is CCS(=O)(=O)Oc1cccc2c1CCCC2. The summed E-state index contributed by atoms with van der Waals surface area (Å²) in [6.07, 6.45) is 4.24. The van der Waals surface area contributed by atoms with Gasteiger partial charge in [-0.25, -0.2) is 0 Å². The fraction of sp³-hybridized carbons (Fsp3) is 0.500. The molecule has 1 aliphatic carbocycles. The molecule has 0 spiro atoms. The van der Waals surface area contributed by atoms with Gasteiger partial charge in [0.05, 0.1) is 5.75 Å². The van der Waals surface area contributed by atoms with Crippen LogP contribution in [0, 0.1) is 0 Å². The molecule has 0 fully saturated rings. The summed E-state index contributed by atoms with van der Waals surface area (Å²) < 4.78 is 28.0. The molecule has 0 bridgehead atoms. The lowest BCUT2D eigenvalue weighted by molar-refractivity contribution is 0.481. The predicted octanol–water partition coefficient (Wildman–Crippen LogP) is 2.29. The van der Waals surface area contributed by atoms with E-state index in [2.05, 4.69) is 6.07 Å². The van der Waals surface area contributed by atoms with Gasteiger partial charge in [-0.2, -0.15) is 8.42 Å². The van der Waals surface area contributed by atoms with E-state index in [0.717, 1.165) is 24.8 Å². The molecule has 0 saturated carbocycles. The Labute approximate surface area is 96.6 Å². The van der Waals surface area contributed by atoms with Gasteiger partial charge in [0.25, 0.3) is 0 Å². The van der Waals surface area contributed by atoms with Crippen LogP contribution in [0.1, 0.15) is 30.9 Å². The van der Waals surface area contributed by atoms with Crippen LogP contribution in [0.2, 0.25) is 0 Å². The van der Waals surface area contributed by atoms with E-state index in [4.69, 9.17) is 4.18 Å². The summed E-state index contributed by atoms with van der Waals surface area (Å²) in [6, 6.07) is 5.67. The van der Waals surface area contributed by atoms with Crippen molar-refractivity contribution in [3.63, 3.8) is 0 Å². The van der Waals surface area contributed by atoms with E-state index >= 15 is 0 Å². The fourth-order valence-electron chi connectivity index (χ4n) is 2.02. The van der Waals surface area contributed by atoms with Crippen molar-refractivity contribution in [2.75, 3.05) is 5.75 Å². The molecule has 1 aromatic rings. The van der Waals surface area contributed by atoms with Crippen LogP contribution in [0.25, 0.3) is 0 Å². The molecular weight excluding hydrogens is 224 g/mol. The third-order valence-electron chi connectivity index (χ3n) is 2.92. The molecule has 88 valence electrons. The second-order valence-electron chi connectivity index (χ2n) is 4.03. The van der Waals surface area contributed by atoms with Crippen LogP contribution in [0.4, 0.5) is 0 Å². The summed E-state index contributed by atoms with van der Waals surface area (Å²) in [5, 5.41) is 0. The molecule has 2 rings (SSSR count). The average Bonchev–Trinajstić information content (AvgIpc) is 2.29. The maximum absolute atomic E-state index is 11.4. The quantitative estimate of drug-likeness (QED) is 0.761. The first kappa shape index (κ1) is 11.5. The van der Waals surface area contributed by atoms with Crippen molar-refractivity contribution in [1.29, 1.82) is 0 Å². The minimum absolute atomic E-state index is 0.0106. The summed E-state index contributed by atoms with van der Waals surface area (Å²) in [4.78, 5) is 0. The highest BCUT2D eigenvalue weighted by Crippen LogP contribution is 2.30. The van der Waals surface area contributed by atoms with Crippen molar-refractivity contribution < 1.29 is 12.6 Å². The van der Waals surface area contributed by atoms with Gasteiger partial charge >= 0.3 is 10.1 Å². The molecular formula is C12H16O3S. The molecule has 16 heavy (non-hydrogen) atoms. The first-order valence-corrected chi connectivity index (χ1v) is 7.23. The molecule has 0 saturated heterocycles. The van der Waals surface area contributed by atoms with E-state index in [0.29, 0.717) is 5.75 Å². The fourth-order valence-corrected chi connectivity index (χ4v) is 2.57. The van der Waals surface area contributed by atoms with E-state index in [-0.39, 0.29) is 5.75 Å². The molecule has 1 aromatic carbocycles. The van der Waals surface area contributed by atoms with Crippen molar-refractivity contribution >= 4 is 10.1 Å². The Hall–Kier alpha value is -1.03. The number of benzene rings is 1. The molecule has 4 heteroatoms. The summed E-state index contributed by atoms with van der Waals surface area (Å²) in [5.41, 5.74) is 2.31. The predicted molar refractivity (Wildman–Crippen MR) is 63.2 cm³/mol. The van der Waals surface area contributed by atoms with Crippen LogP contribution < -0.4 is 4.18 Å². The molecule has 0 N–H and O–H groups in total. The highest BCUT2D eigenvalue weighted by Gasteiger charge is 2.17. The topological polar surface area (TPSA) is 43.4 Å². The monoisotopic (exact) mass is 240 g/mol. The molecule has 0 aliphatic heterocycles. The Balaban J connectivity index is 2.35. The number of hydrogen-bond acceptors (Lipinski definition) is 3. The first-order valence-electron chi connectivity index (χ1n) is 5.65. The van der Waals surface area contributed by atoms with E-state index in [1.165, 1.54) is 12.0 Å². The highest BCUT2D eigenvalue weighted by molar-refractivity contribution is 7.87. The summed E-state index contributed by atoms with van der Waals surface area (Å²) in [7, 11) is -3.41. The zero-order valence-corrected chi connectivity index (χ0v) is 10.2. The van der Waals surface area contributed by atoms with Crippen LogP contribution in [0.5, 0.6) is 5.75 Å². The molecule has 1 aliphatic rings. The minimum Gasteiger partial charge on any atom is -0.382 e. The lowest BCUT2D eigenvalue weighted by Gasteiger charge is -2.18. The Bertz CT molecular complexity index is 477. The van der Waals surface area contributed by atoms with Crippen molar-refractivity contribution in [2.24, 2.45) is 0 Å². The normalized spacial score (nSPS) is 15.6. The van der Waals surface area contributed by atoms with Gasteiger partial charge in [-0.3, -0.25) is 0 Å². The number of hydrogen-bond donors (Lipinski definition) is 0. The van der Waals surface area contributed by atoms with Crippen LogP contribution >= 0.6 is 0 Å². The molecule has 0 unspecified atom stereocenters. The van der Waals surface area contributed by atoms with Crippen molar-refractivity contribution in [3.8, 4) is 5.75 Å². The maximum Gasteiger partial charge on any atom is 0.308 e. The second-order valence-corrected chi connectivity index (χ2v) is 5.89. The molecule has 0 radical (unpaired) electrons. The van der Waals surface area contributed by atoms with Gasteiger partial charge < -0.3 is 4.18 Å². The number of rotatable bonds is 3. The molecule has 0 aromatic heterocycles. The van der Waals surface area contributed by atoms with E-state index < -0.39 is 10.1 Å². The van der Waals surface area contributed by atoms with Gasteiger partial charge in [0, 0.05) is 0 Å². The van der Waals surface area contributed by atoms with E-state index in [1.54, 1.807) is 13.0 Å². The van der Waals surface area contributed by atoms with Crippen molar-refractivity contribution in [1.82, 2.24) is 0 Å². The molecule has 0 heterocycles. The number of aryl methyl sites for hydroxylation is 1. The molecule has 0 amide bonds. The van der Waals surface area contributed by atoms with Crippen LogP contribution in [0.15, 0.2) is 18.2 Å². The zero-order chi connectivity index (χ0) is 11.6. The standard InChI is InChI=1S/C12H16O3S/c1-2-16(13,14)15-12-9-5-7-10-6-3-4-8-11(10)12/h5,7,9H,2-4,6,8H2,1H3. The summed E-state index contributed by atoms with van der Waals surface area (Å²) in [5.74, 6) is 0.537. The largest absolute Gasteiger partial charge is 0.382 e. The van der Waals surface area contributed by atoms with Gasteiger partial charge in [0.2, 0.25) is 0 Å². The number of fused-ring (bicyclic) bond motifs is 1. The Morgan fingerprint density at radius 2 is 2.00 bits per heavy atom. The third kappa shape index (κ3) is 2.38. The zero-order valence-electron chi connectivity index (χ0n) is 9.40. The maximum atomic E-state index is 11.4. The smallest absolute Gasteiger partial charge is 0.308 e.